The van der Waals surface area contributed by atoms with Gasteiger partial charge in [-0.3, -0.25) is 14.6 Å². The van der Waals surface area contributed by atoms with Crippen molar-refractivity contribution in [3.8, 4) is 0 Å². The van der Waals surface area contributed by atoms with Crippen LogP contribution < -0.4 is 5.32 Å². The van der Waals surface area contributed by atoms with Gasteiger partial charge in [0.15, 0.2) is 0 Å². The fourth-order valence-electron chi connectivity index (χ4n) is 4.30. The Labute approximate surface area is 175 Å². The number of carbonyl (C=O) groups is 1. The number of benzene rings is 2. The van der Waals surface area contributed by atoms with Crippen molar-refractivity contribution >= 4 is 5.91 Å². The molecule has 0 aliphatic carbocycles. The highest BCUT2D eigenvalue weighted by atomic mass is 16.2. The molecule has 1 saturated heterocycles. The first-order chi connectivity index (χ1) is 14.1. The maximum atomic E-state index is 13.2. The average molecular weight is 394 g/mol. The number of amides is 1. The molecule has 1 atom stereocenters. The van der Waals surface area contributed by atoms with Crippen molar-refractivity contribution in [1.29, 1.82) is 0 Å². The minimum Gasteiger partial charge on any atom is -0.352 e. The van der Waals surface area contributed by atoms with Crippen LogP contribution in [0, 0.1) is 6.92 Å². The van der Waals surface area contributed by atoms with E-state index in [4.69, 9.17) is 0 Å². The molecule has 156 valence electrons. The van der Waals surface area contributed by atoms with E-state index >= 15 is 0 Å². The number of nitrogens with one attached hydrogen (secondary N) is 1. The van der Waals surface area contributed by atoms with E-state index in [-0.39, 0.29) is 18.0 Å². The van der Waals surface area contributed by atoms with Gasteiger partial charge in [-0.15, -0.1) is 0 Å². The first-order valence-electron chi connectivity index (χ1n) is 11.0. The third-order valence-corrected chi connectivity index (χ3v) is 6.13. The largest absolute Gasteiger partial charge is 0.352 e. The Kier molecular flexibility index (Phi) is 7.84. The number of hydrogen-bond donors (Lipinski definition) is 1. The standard InChI is InChI=1S/C25H35N3O/c1-4-28(5-2)24(21-12-7-6-8-13-21)25(29)26-23-15-17-27(18-16-23)19-22-14-10-9-11-20(22)3/h6-14,23-24H,4-5,15-19H2,1-3H3,(H,26,29). The number of carbonyl (C=O) groups excluding carboxylic acids is 1. The fourth-order valence-corrected chi connectivity index (χ4v) is 4.30. The van der Waals surface area contributed by atoms with Crippen molar-refractivity contribution in [2.45, 2.75) is 52.2 Å². The maximum Gasteiger partial charge on any atom is 0.242 e. The molecule has 4 heteroatoms. The predicted octanol–water partition coefficient (Wildman–Crippen LogP) is 4.16. The van der Waals surface area contributed by atoms with Crippen molar-refractivity contribution in [1.82, 2.24) is 15.1 Å². The van der Waals surface area contributed by atoms with Gasteiger partial charge in [-0.25, -0.2) is 0 Å². The smallest absolute Gasteiger partial charge is 0.242 e. The van der Waals surface area contributed by atoms with Gasteiger partial charge < -0.3 is 5.32 Å². The summed E-state index contributed by atoms with van der Waals surface area (Å²) in [6.07, 6.45) is 2.02. The average Bonchev–Trinajstić information content (AvgIpc) is 2.75. The molecule has 0 saturated carbocycles. The summed E-state index contributed by atoms with van der Waals surface area (Å²) in [4.78, 5) is 18.0. The lowest BCUT2D eigenvalue weighted by atomic mass is 10.0. The van der Waals surface area contributed by atoms with E-state index in [9.17, 15) is 4.79 Å². The van der Waals surface area contributed by atoms with E-state index in [0.717, 1.165) is 51.1 Å². The highest BCUT2D eigenvalue weighted by Gasteiger charge is 2.29. The summed E-state index contributed by atoms with van der Waals surface area (Å²) in [6, 6.07) is 18.8. The summed E-state index contributed by atoms with van der Waals surface area (Å²) < 4.78 is 0. The molecule has 3 rings (SSSR count). The Morgan fingerprint density at radius 2 is 1.66 bits per heavy atom. The Morgan fingerprint density at radius 1 is 1.03 bits per heavy atom. The van der Waals surface area contributed by atoms with Gasteiger partial charge in [-0.1, -0.05) is 68.4 Å². The van der Waals surface area contributed by atoms with Gasteiger partial charge in [0, 0.05) is 25.7 Å². The molecule has 4 nitrogen and oxygen atoms in total. The molecule has 1 N–H and O–H groups in total. The number of likely N-dealkylation sites (N-methyl/N-ethyl adjacent to an activating group) is 1. The molecule has 1 fully saturated rings. The lowest BCUT2D eigenvalue weighted by Crippen LogP contribution is -2.48. The summed E-state index contributed by atoms with van der Waals surface area (Å²) >= 11 is 0. The van der Waals surface area contributed by atoms with Crippen molar-refractivity contribution in [3.63, 3.8) is 0 Å². The number of rotatable bonds is 8. The second-order valence-corrected chi connectivity index (χ2v) is 8.02. The van der Waals surface area contributed by atoms with Gasteiger partial charge in [-0.2, -0.15) is 0 Å². The summed E-state index contributed by atoms with van der Waals surface area (Å²) in [6.45, 7) is 11.2. The molecule has 0 spiro atoms. The van der Waals surface area contributed by atoms with Crippen LogP contribution in [-0.4, -0.2) is 47.9 Å². The predicted molar refractivity (Wildman–Crippen MR) is 120 cm³/mol. The van der Waals surface area contributed by atoms with Crippen LogP contribution in [0.5, 0.6) is 0 Å². The molecule has 2 aromatic carbocycles. The van der Waals surface area contributed by atoms with Crippen molar-refractivity contribution in [2.24, 2.45) is 0 Å². The molecule has 1 heterocycles. The second-order valence-electron chi connectivity index (χ2n) is 8.02. The SMILES string of the molecule is CCN(CC)C(C(=O)NC1CCN(Cc2ccccc2C)CC1)c1ccccc1. The summed E-state index contributed by atoms with van der Waals surface area (Å²) in [5.41, 5.74) is 3.83. The van der Waals surface area contributed by atoms with Crippen molar-refractivity contribution in [2.75, 3.05) is 26.2 Å². The molecule has 2 aromatic rings. The maximum absolute atomic E-state index is 13.2. The quantitative estimate of drug-likeness (QED) is 0.731. The second kappa shape index (κ2) is 10.6. The van der Waals surface area contributed by atoms with E-state index in [1.807, 2.05) is 18.2 Å². The third-order valence-electron chi connectivity index (χ3n) is 6.13. The number of aryl methyl sites for hydroxylation is 1. The van der Waals surface area contributed by atoms with Gasteiger partial charge in [0.2, 0.25) is 5.91 Å². The molecular formula is C25H35N3O. The molecule has 0 aromatic heterocycles. The fraction of sp³-hybridized carbons (Fsp3) is 0.480. The number of nitrogens with zero attached hydrogens (tertiary/aromatic N) is 2. The van der Waals surface area contributed by atoms with Crippen molar-refractivity contribution < 1.29 is 4.79 Å². The van der Waals surface area contributed by atoms with Crippen LogP contribution in [0.4, 0.5) is 0 Å². The van der Waals surface area contributed by atoms with Crippen LogP contribution in [0.15, 0.2) is 54.6 Å². The highest BCUT2D eigenvalue weighted by Crippen LogP contribution is 2.22. The zero-order valence-corrected chi connectivity index (χ0v) is 18.1. The molecular weight excluding hydrogens is 358 g/mol. The molecule has 1 unspecified atom stereocenters. The van der Waals surface area contributed by atoms with Crippen LogP contribution in [0.1, 0.15) is 49.4 Å². The normalized spacial score (nSPS) is 16.7. The van der Waals surface area contributed by atoms with E-state index in [1.165, 1.54) is 11.1 Å². The van der Waals surface area contributed by atoms with Crippen LogP contribution in [0.2, 0.25) is 0 Å². The molecule has 29 heavy (non-hydrogen) atoms. The summed E-state index contributed by atoms with van der Waals surface area (Å²) in [5.74, 6) is 0.136. The van der Waals surface area contributed by atoms with Crippen LogP contribution in [0.25, 0.3) is 0 Å². The van der Waals surface area contributed by atoms with Gasteiger partial charge >= 0.3 is 0 Å². The summed E-state index contributed by atoms with van der Waals surface area (Å²) in [5, 5.41) is 3.36. The molecule has 0 bridgehead atoms. The molecule has 1 aliphatic rings. The number of likely N-dealkylation sites (tertiary alicyclic amines) is 1. The van der Waals surface area contributed by atoms with E-state index in [2.05, 4.69) is 72.3 Å². The zero-order valence-electron chi connectivity index (χ0n) is 18.1. The van der Waals surface area contributed by atoms with Crippen LogP contribution >= 0.6 is 0 Å². The third kappa shape index (κ3) is 5.68. The first kappa shape index (κ1) is 21.5. The van der Waals surface area contributed by atoms with E-state index < -0.39 is 0 Å². The zero-order chi connectivity index (χ0) is 20.6. The number of piperidine rings is 1. The minimum atomic E-state index is -0.212. The number of hydrogen-bond acceptors (Lipinski definition) is 3. The van der Waals surface area contributed by atoms with Crippen LogP contribution in [-0.2, 0) is 11.3 Å². The Morgan fingerprint density at radius 3 is 2.28 bits per heavy atom. The molecule has 1 aliphatic heterocycles. The monoisotopic (exact) mass is 393 g/mol. The topological polar surface area (TPSA) is 35.6 Å². The molecule has 0 radical (unpaired) electrons. The lowest BCUT2D eigenvalue weighted by molar-refractivity contribution is -0.127. The van der Waals surface area contributed by atoms with Gasteiger partial charge in [0.25, 0.3) is 0 Å². The van der Waals surface area contributed by atoms with E-state index in [1.54, 1.807) is 0 Å². The van der Waals surface area contributed by atoms with Gasteiger partial charge in [0.05, 0.1) is 0 Å². The van der Waals surface area contributed by atoms with E-state index in [0.29, 0.717) is 0 Å². The van der Waals surface area contributed by atoms with Gasteiger partial charge in [-0.05, 0) is 49.5 Å². The molecule has 1 amide bonds. The minimum absolute atomic E-state index is 0.136. The Hall–Kier alpha value is -2.17. The van der Waals surface area contributed by atoms with Crippen molar-refractivity contribution in [3.05, 3.63) is 71.3 Å². The Bertz CT molecular complexity index is 765. The first-order valence-corrected chi connectivity index (χ1v) is 11.0. The Balaban J connectivity index is 1.58. The lowest BCUT2D eigenvalue weighted by Gasteiger charge is -2.35. The van der Waals surface area contributed by atoms with Crippen LogP contribution in [0.3, 0.4) is 0 Å². The highest BCUT2D eigenvalue weighted by molar-refractivity contribution is 5.83. The van der Waals surface area contributed by atoms with Gasteiger partial charge in [0.1, 0.15) is 6.04 Å². The summed E-state index contributed by atoms with van der Waals surface area (Å²) in [7, 11) is 0.